The molecule has 3 heteroatoms. The standard InChI is InChI=1S/C19H24O3/c1-11-9-12(2)18-13(3)17(11)10-21-19(18)15-5-7-16(8-6-15)22-14(4)20/h5-9,11,13,17-19H,10H2,1-4H3/t11-,13-,17+,18-,19+/m1/s1. The lowest BCUT2D eigenvalue weighted by Crippen LogP contribution is -2.42. The molecule has 0 aromatic heterocycles. The van der Waals surface area contributed by atoms with Gasteiger partial charge in [-0.05, 0) is 42.4 Å². The van der Waals surface area contributed by atoms with E-state index in [1.807, 2.05) is 24.3 Å². The maximum absolute atomic E-state index is 11.0. The van der Waals surface area contributed by atoms with Gasteiger partial charge in [0.05, 0.1) is 12.7 Å². The van der Waals surface area contributed by atoms with Gasteiger partial charge in [-0.1, -0.05) is 37.6 Å². The maximum atomic E-state index is 11.0. The molecule has 1 aromatic carbocycles. The van der Waals surface area contributed by atoms with E-state index in [0.29, 0.717) is 29.4 Å². The van der Waals surface area contributed by atoms with Gasteiger partial charge in [-0.15, -0.1) is 0 Å². The number of allylic oxidation sites excluding steroid dienone is 1. The lowest BCUT2D eigenvalue weighted by molar-refractivity contribution is -0.131. The van der Waals surface area contributed by atoms with Crippen molar-refractivity contribution in [1.82, 2.24) is 0 Å². The van der Waals surface area contributed by atoms with Crippen LogP contribution >= 0.6 is 0 Å². The monoisotopic (exact) mass is 300 g/mol. The molecule has 3 nitrogen and oxygen atoms in total. The minimum Gasteiger partial charge on any atom is -0.427 e. The maximum Gasteiger partial charge on any atom is 0.308 e. The highest BCUT2D eigenvalue weighted by atomic mass is 16.5. The van der Waals surface area contributed by atoms with Crippen molar-refractivity contribution in [1.29, 1.82) is 0 Å². The molecule has 2 aliphatic rings. The lowest BCUT2D eigenvalue weighted by atomic mass is 9.64. The Morgan fingerprint density at radius 3 is 2.55 bits per heavy atom. The van der Waals surface area contributed by atoms with Crippen molar-refractivity contribution in [3.05, 3.63) is 41.5 Å². The zero-order valence-electron chi connectivity index (χ0n) is 13.7. The quantitative estimate of drug-likeness (QED) is 0.467. The van der Waals surface area contributed by atoms with Crippen LogP contribution in [0.4, 0.5) is 0 Å². The first-order valence-electron chi connectivity index (χ1n) is 8.05. The average molecular weight is 300 g/mol. The van der Waals surface area contributed by atoms with Crippen LogP contribution in [0, 0.1) is 23.7 Å². The molecule has 1 aromatic rings. The fraction of sp³-hybridized carbons (Fsp3) is 0.526. The molecule has 0 saturated carbocycles. The molecular weight excluding hydrogens is 276 g/mol. The van der Waals surface area contributed by atoms with Crippen molar-refractivity contribution in [3.63, 3.8) is 0 Å². The predicted molar refractivity (Wildman–Crippen MR) is 85.5 cm³/mol. The van der Waals surface area contributed by atoms with Gasteiger partial charge in [0.1, 0.15) is 5.75 Å². The van der Waals surface area contributed by atoms with Crippen LogP contribution in [0.25, 0.3) is 0 Å². The Kier molecular flexibility index (Phi) is 4.09. The van der Waals surface area contributed by atoms with Crippen LogP contribution in [0.2, 0.25) is 0 Å². The molecule has 1 aliphatic carbocycles. The normalized spacial score (nSPS) is 34.0. The lowest BCUT2D eigenvalue weighted by Gasteiger charge is -2.47. The minimum absolute atomic E-state index is 0.0985. The molecule has 1 aliphatic heterocycles. The molecule has 0 spiro atoms. The SMILES string of the molecule is CC(=O)Oc1ccc([C@@H]2OC[C@@H]3[C@@H](C)[C@H]2C(C)=C[C@H]3C)cc1. The van der Waals surface area contributed by atoms with E-state index in [9.17, 15) is 4.79 Å². The van der Waals surface area contributed by atoms with Crippen LogP contribution < -0.4 is 4.74 Å². The zero-order chi connectivity index (χ0) is 15.9. The smallest absolute Gasteiger partial charge is 0.308 e. The Labute approximate surface area is 132 Å². The largest absolute Gasteiger partial charge is 0.427 e. The molecule has 5 atom stereocenters. The van der Waals surface area contributed by atoms with E-state index in [-0.39, 0.29) is 12.1 Å². The number of carbonyl (C=O) groups excluding carboxylic acids is 1. The first kappa shape index (κ1) is 15.3. The van der Waals surface area contributed by atoms with Crippen molar-refractivity contribution < 1.29 is 14.3 Å². The molecule has 118 valence electrons. The third kappa shape index (κ3) is 2.70. The summed E-state index contributed by atoms with van der Waals surface area (Å²) in [5, 5.41) is 0. The Balaban J connectivity index is 1.86. The van der Waals surface area contributed by atoms with Crippen molar-refractivity contribution in [2.24, 2.45) is 23.7 Å². The number of rotatable bonds is 2. The highest BCUT2D eigenvalue weighted by molar-refractivity contribution is 5.69. The van der Waals surface area contributed by atoms with Crippen LogP contribution in [-0.4, -0.2) is 12.6 Å². The number of hydrogen-bond donors (Lipinski definition) is 0. The van der Waals surface area contributed by atoms with Gasteiger partial charge in [0, 0.05) is 12.8 Å². The van der Waals surface area contributed by atoms with E-state index < -0.39 is 0 Å². The molecule has 0 radical (unpaired) electrons. The van der Waals surface area contributed by atoms with Crippen molar-refractivity contribution in [2.45, 2.75) is 33.8 Å². The molecule has 0 amide bonds. The summed E-state index contributed by atoms with van der Waals surface area (Å²) in [5.41, 5.74) is 2.60. The third-order valence-electron chi connectivity index (χ3n) is 5.23. The number of fused-ring (bicyclic) bond motifs is 2. The number of carbonyl (C=O) groups is 1. The molecule has 3 rings (SSSR count). The zero-order valence-corrected chi connectivity index (χ0v) is 13.7. The van der Waals surface area contributed by atoms with Crippen LogP contribution in [-0.2, 0) is 9.53 Å². The second kappa shape index (κ2) is 5.88. The highest BCUT2D eigenvalue weighted by Crippen LogP contribution is 2.49. The number of ether oxygens (including phenoxy) is 2. The van der Waals surface area contributed by atoms with Crippen molar-refractivity contribution in [3.8, 4) is 5.75 Å². The first-order chi connectivity index (χ1) is 10.5. The second-order valence-electron chi connectivity index (χ2n) is 6.74. The van der Waals surface area contributed by atoms with E-state index in [4.69, 9.17) is 9.47 Å². The van der Waals surface area contributed by atoms with E-state index in [0.717, 1.165) is 12.2 Å². The molecular formula is C19H24O3. The Morgan fingerprint density at radius 1 is 1.23 bits per heavy atom. The molecule has 22 heavy (non-hydrogen) atoms. The molecule has 1 saturated heterocycles. The molecule has 2 bridgehead atoms. The van der Waals surface area contributed by atoms with Gasteiger partial charge in [0.25, 0.3) is 0 Å². The van der Waals surface area contributed by atoms with E-state index >= 15 is 0 Å². The van der Waals surface area contributed by atoms with Gasteiger partial charge < -0.3 is 9.47 Å². The topological polar surface area (TPSA) is 35.5 Å². The van der Waals surface area contributed by atoms with Gasteiger partial charge in [-0.25, -0.2) is 0 Å². The predicted octanol–water partition coefficient (Wildman–Crippen LogP) is 4.15. The van der Waals surface area contributed by atoms with Gasteiger partial charge in [-0.2, -0.15) is 0 Å². The summed E-state index contributed by atoms with van der Waals surface area (Å²) in [4.78, 5) is 11.0. The average Bonchev–Trinajstić information content (AvgIpc) is 2.45. The summed E-state index contributed by atoms with van der Waals surface area (Å²) in [6.07, 6.45) is 2.51. The minimum atomic E-state index is -0.293. The van der Waals surface area contributed by atoms with Gasteiger partial charge in [0.15, 0.2) is 0 Å². The molecule has 1 fully saturated rings. The summed E-state index contributed by atoms with van der Waals surface area (Å²) in [6, 6.07) is 7.73. The summed E-state index contributed by atoms with van der Waals surface area (Å²) in [6.45, 7) is 9.10. The van der Waals surface area contributed by atoms with Gasteiger partial charge in [0.2, 0.25) is 0 Å². The summed E-state index contributed by atoms with van der Waals surface area (Å²) >= 11 is 0. The Morgan fingerprint density at radius 2 is 1.91 bits per heavy atom. The van der Waals surface area contributed by atoms with Gasteiger partial charge >= 0.3 is 5.97 Å². The summed E-state index contributed by atoms with van der Waals surface area (Å²) in [7, 11) is 0. The number of esters is 1. The Bertz CT molecular complexity index is 587. The number of hydrogen-bond acceptors (Lipinski definition) is 3. The summed E-state index contributed by atoms with van der Waals surface area (Å²) < 4.78 is 11.3. The van der Waals surface area contributed by atoms with Crippen molar-refractivity contribution >= 4 is 5.97 Å². The first-order valence-corrected chi connectivity index (χ1v) is 8.05. The van der Waals surface area contributed by atoms with Crippen LogP contribution in [0.1, 0.15) is 39.4 Å². The third-order valence-corrected chi connectivity index (χ3v) is 5.23. The van der Waals surface area contributed by atoms with Crippen molar-refractivity contribution in [2.75, 3.05) is 6.61 Å². The summed E-state index contributed by atoms with van der Waals surface area (Å²) in [5.74, 6) is 2.57. The molecule has 0 N–H and O–H groups in total. The van der Waals surface area contributed by atoms with E-state index in [2.05, 4.69) is 26.8 Å². The molecule has 1 heterocycles. The van der Waals surface area contributed by atoms with E-state index in [1.165, 1.54) is 12.5 Å². The van der Waals surface area contributed by atoms with Gasteiger partial charge in [-0.3, -0.25) is 4.79 Å². The fourth-order valence-electron chi connectivity index (χ4n) is 4.14. The van der Waals surface area contributed by atoms with E-state index in [1.54, 1.807) is 0 Å². The Hall–Kier alpha value is -1.61. The number of benzene rings is 1. The fourth-order valence-corrected chi connectivity index (χ4v) is 4.14. The van der Waals surface area contributed by atoms with Crippen LogP contribution in [0.3, 0.4) is 0 Å². The molecule has 0 unspecified atom stereocenters. The van der Waals surface area contributed by atoms with Crippen LogP contribution in [0.5, 0.6) is 5.75 Å². The van der Waals surface area contributed by atoms with Crippen LogP contribution in [0.15, 0.2) is 35.9 Å². The second-order valence-corrected chi connectivity index (χ2v) is 6.74. The highest BCUT2D eigenvalue weighted by Gasteiger charge is 2.43.